The van der Waals surface area contributed by atoms with E-state index in [2.05, 4.69) is 0 Å². The first kappa shape index (κ1) is 19.1. The summed E-state index contributed by atoms with van der Waals surface area (Å²) in [5, 5.41) is 0. The summed E-state index contributed by atoms with van der Waals surface area (Å²) < 4.78 is 14.1. The van der Waals surface area contributed by atoms with Crippen molar-refractivity contribution < 1.29 is 18.8 Å². The van der Waals surface area contributed by atoms with Gasteiger partial charge < -0.3 is 4.90 Å². The summed E-state index contributed by atoms with van der Waals surface area (Å²) in [6, 6.07) is 5.28. The maximum Gasteiger partial charge on any atom is 0.251 e. The summed E-state index contributed by atoms with van der Waals surface area (Å²) in [6.45, 7) is 2.28. The monoisotopic (exact) mass is 387 g/mol. The number of imide groups is 1. The van der Waals surface area contributed by atoms with Gasteiger partial charge in [0.05, 0.1) is 18.2 Å². The maximum atomic E-state index is 14.1. The smallest absolute Gasteiger partial charge is 0.251 e. The molecule has 0 radical (unpaired) electrons. The topological polar surface area (TPSA) is 60.9 Å². The first-order valence-corrected chi connectivity index (χ1v) is 10.2. The molecule has 3 amide bonds. The SMILES string of the molecule is O=C(C1CCCCC1)N1CCN(C2CC(=O)N(c3ccccc3F)C2=O)CC1. The number of benzene rings is 1. The second kappa shape index (κ2) is 7.99. The van der Waals surface area contributed by atoms with E-state index >= 15 is 0 Å². The number of hydrogen-bond acceptors (Lipinski definition) is 4. The Morgan fingerprint density at radius 1 is 0.964 bits per heavy atom. The molecule has 1 aromatic rings. The molecular weight excluding hydrogens is 361 g/mol. The van der Waals surface area contributed by atoms with Gasteiger partial charge in [-0.2, -0.15) is 0 Å². The molecule has 3 aliphatic rings. The quantitative estimate of drug-likeness (QED) is 0.746. The highest BCUT2D eigenvalue weighted by Gasteiger charge is 2.44. The van der Waals surface area contributed by atoms with Crippen LogP contribution in [0.1, 0.15) is 38.5 Å². The number of para-hydroxylation sites is 1. The van der Waals surface area contributed by atoms with Gasteiger partial charge >= 0.3 is 0 Å². The van der Waals surface area contributed by atoms with Gasteiger partial charge in [0.1, 0.15) is 5.82 Å². The minimum atomic E-state index is -0.576. The van der Waals surface area contributed by atoms with Crippen LogP contribution in [-0.4, -0.2) is 59.7 Å². The van der Waals surface area contributed by atoms with Crippen LogP contribution in [-0.2, 0) is 14.4 Å². The lowest BCUT2D eigenvalue weighted by Gasteiger charge is -2.38. The van der Waals surface area contributed by atoms with Crippen molar-refractivity contribution in [2.45, 2.75) is 44.6 Å². The van der Waals surface area contributed by atoms with Gasteiger partial charge in [-0.1, -0.05) is 31.4 Å². The van der Waals surface area contributed by atoms with Crippen molar-refractivity contribution in [3.05, 3.63) is 30.1 Å². The molecule has 1 aliphatic carbocycles. The highest BCUT2D eigenvalue weighted by atomic mass is 19.1. The average Bonchev–Trinajstić information content (AvgIpc) is 3.03. The van der Waals surface area contributed by atoms with Crippen LogP contribution in [0.15, 0.2) is 24.3 Å². The van der Waals surface area contributed by atoms with Crippen LogP contribution in [0.3, 0.4) is 0 Å². The number of amides is 3. The maximum absolute atomic E-state index is 14.1. The average molecular weight is 387 g/mol. The Bertz CT molecular complexity index is 770. The molecule has 0 aromatic heterocycles. The molecule has 0 spiro atoms. The van der Waals surface area contributed by atoms with Crippen LogP contribution in [0.2, 0.25) is 0 Å². The van der Waals surface area contributed by atoms with Crippen molar-refractivity contribution in [2.75, 3.05) is 31.1 Å². The Balaban J connectivity index is 1.38. The number of piperazine rings is 1. The molecule has 6 nitrogen and oxygen atoms in total. The number of halogens is 1. The standard InChI is InChI=1S/C21H26FN3O3/c22-16-8-4-5-9-17(16)25-19(26)14-18(21(25)28)23-10-12-24(13-11-23)20(27)15-6-2-1-3-7-15/h4-5,8-9,15,18H,1-3,6-7,10-14H2. The third-order valence-electron chi connectivity index (χ3n) is 6.24. The number of nitrogens with zero attached hydrogens (tertiary/aromatic N) is 3. The Morgan fingerprint density at radius 2 is 1.64 bits per heavy atom. The lowest BCUT2D eigenvalue weighted by atomic mass is 9.88. The molecule has 4 rings (SSSR count). The van der Waals surface area contributed by atoms with Gasteiger partial charge in [0.25, 0.3) is 5.91 Å². The number of anilines is 1. The van der Waals surface area contributed by atoms with Gasteiger partial charge in [0.2, 0.25) is 11.8 Å². The van der Waals surface area contributed by atoms with E-state index in [1.54, 1.807) is 6.07 Å². The first-order valence-electron chi connectivity index (χ1n) is 10.2. The summed E-state index contributed by atoms with van der Waals surface area (Å²) in [7, 11) is 0. The van der Waals surface area contributed by atoms with Gasteiger partial charge in [-0.05, 0) is 25.0 Å². The lowest BCUT2D eigenvalue weighted by molar-refractivity contribution is -0.139. The molecule has 150 valence electrons. The minimum absolute atomic E-state index is 0.0195. The van der Waals surface area contributed by atoms with E-state index in [9.17, 15) is 18.8 Å². The molecule has 1 aromatic carbocycles. The van der Waals surface area contributed by atoms with Gasteiger partial charge in [-0.25, -0.2) is 9.29 Å². The van der Waals surface area contributed by atoms with Gasteiger partial charge in [-0.15, -0.1) is 0 Å². The number of carbonyl (C=O) groups excluding carboxylic acids is 3. The zero-order chi connectivity index (χ0) is 19.7. The Labute approximate surface area is 164 Å². The van der Waals surface area contributed by atoms with E-state index in [1.807, 2.05) is 9.80 Å². The lowest BCUT2D eigenvalue weighted by Crippen LogP contribution is -2.54. The summed E-state index contributed by atoms with van der Waals surface area (Å²) in [6.07, 6.45) is 5.48. The largest absolute Gasteiger partial charge is 0.340 e. The summed E-state index contributed by atoms with van der Waals surface area (Å²) in [5.41, 5.74) is 0.0195. The molecule has 28 heavy (non-hydrogen) atoms. The van der Waals surface area contributed by atoms with Crippen molar-refractivity contribution in [3.8, 4) is 0 Å². The fourth-order valence-electron chi connectivity index (χ4n) is 4.65. The fourth-order valence-corrected chi connectivity index (χ4v) is 4.65. The molecule has 0 N–H and O–H groups in total. The second-order valence-corrected chi connectivity index (χ2v) is 7.93. The molecule has 7 heteroatoms. The van der Waals surface area contributed by atoms with Crippen LogP contribution in [0.5, 0.6) is 0 Å². The first-order chi connectivity index (χ1) is 13.6. The van der Waals surface area contributed by atoms with Crippen LogP contribution >= 0.6 is 0 Å². The Kier molecular flexibility index (Phi) is 5.44. The molecule has 1 unspecified atom stereocenters. The molecular formula is C21H26FN3O3. The number of carbonyl (C=O) groups is 3. The van der Waals surface area contributed by atoms with Gasteiger partial charge in [0, 0.05) is 32.1 Å². The van der Waals surface area contributed by atoms with Crippen molar-refractivity contribution in [3.63, 3.8) is 0 Å². The van der Waals surface area contributed by atoms with E-state index < -0.39 is 11.9 Å². The van der Waals surface area contributed by atoms with E-state index in [0.29, 0.717) is 26.2 Å². The van der Waals surface area contributed by atoms with Gasteiger partial charge in [-0.3, -0.25) is 19.3 Å². The highest BCUT2D eigenvalue weighted by Crippen LogP contribution is 2.29. The van der Waals surface area contributed by atoms with E-state index in [0.717, 1.165) is 30.6 Å². The third-order valence-corrected chi connectivity index (χ3v) is 6.24. The summed E-state index contributed by atoms with van der Waals surface area (Å²) >= 11 is 0. The molecule has 2 heterocycles. The Hall–Kier alpha value is -2.28. The normalized spacial score (nSPS) is 24.8. The molecule has 2 saturated heterocycles. The molecule has 1 atom stereocenters. The van der Waals surface area contributed by atoms with Crippen LogP contribution < -0.4 is 4.90 Å². The summed E-state index contributed by atoms with van der Waals surface area (Å²) in [4.78, 5) is 42.8. The van der Waals surface area contributed by atoms with Crippen molar-refractivity contribution in [1.29, 1.82) is 0 Å². The van der Waals surface area contributed by atoms with Crippen molar-refractivity contribution >= 4 is 23.4 Å². The van der Waals surface area contributed by atoms with Crippen LogP contribution in [0, 0.1) is 11.7 Å². The predicted molar refractivity (Wildman–Crippen MR) is 102 cm³/mol. The van der Waals surface area contributed by atoms with Crippen molar-refractivity contribution in [2.24, 2.45) is 5.92 Å². The van der Waals surface area contributed by atoms with E-state index in [1.165, 1.54) is 24.6 Å². The van der Waals surface area contributed by atoms with Crippen LogP contribution in [0.4, 0.5) is 10.1 Å². The van der Waals surface area contributed by atoms with Crippen molar-refractivity contribution in [1.82, 2.24) is 9.80 Å². The van der Waals surface area contributed by atoms with E-state index in [-0.39, 0.29) is 35.7 Å². The highest BCUT2D eigenvalue weighted by molar-refractivity contribution is 6.22. The molecule has 3 fully saturated rings. The second-order valence-electron chi connectivity index (χ2n) is 7.93. The molecule has 0 bridgehead atoms. The predicted octanol–water partition coefficient (Wildman–Crippen LogP) is 2.18. The fraction of sp³-hybridized carbons (Fsp3) is 0.571. The van der Waals surface area contributed by atoms with E-state index in [4.69, 9.17) is 0 Å². The number of hydrogen-bond donors (Lipinski definition) is 0. The number of rotatable bonds is 3. The Morgan fingerprint density at radius 3 is 2.32 bits per heavy atom. The zero-order valence-electron chi connectivity index (χ0n) is 16.0. The third kappa shape index (κ3) is 3.55. The summed E-state index contributed by atoms with van der Waals surface area (Å²) in [5.74, 6) is -0.941. The minimum Gasteiger partial charge on any atom is -0.340 e. The molecule has 1 saturated carbocycles. The van der Waals surface area contributed by atoms with Crippen LogP contribution in [0.25, 0.3) is 0 Å². The van der Waals surface area contributed by atoms with Gasteiger partial charge in [0.15, 0.2) is 0 Å². The zero-order valence-corrected chi connectivity index (χ0v) is 16.0. The molecule has 2 aliphatic heterocycles.